The lowest BCUT2D eigenvalue weighted by atomic mass is 10.1. The molecule has 0 bridgehead atoms. The predicted octanol–water partition coefficient (Wildman–Crippen LogP) is -2.91. The summed E-state index contributed by atoms with van der Waals surface area (Å²) in [5.74, 6) is -2.42. The van der Waals surface area contributed by atoms with Gasteiger partial charge in [0.15, 0.2) is 11.9 Å². The van der Waals surface area contributed by atoms with Crippen molar-refractivity contribution in [2.75, 3.05) is 6.61 Å². The van der Waals surface area contributed by atoms with Crippen LogP contribution in [0.25, 0.3) is 0 Å². The van der Waals surface area contributed by atoms with Crippen molar-refractivity contribution in [3.8, 4) is 0 Å². The number of rotatable bonds is 3. The number of amides is 1. The Morgan fingerprint density at radius 1 is 1.50 bits per heavy atom. The molecule has 2 heterocycles. The van der Waals surface area contributed by atoms with Crippen LogP contribution in [0.2, 0.25) is 0 Å². The van der Waals surface area contributed by atoms with Crippen LogP contribution in [0.4, 0.5) is 4.39 Å². The van der Waals surface area contributed by atoms with Crippen LogP contribution in [-0.4, -0.2) is 55.7 Å². The normalized spacial score (nSPS) is 29.6. The molecule has 10 heteroatoms. The van der Waals surface area contributed by atoms with Crippen molar-refractivity contribution >= 4 is 5.91 Å². The second kappa shape index (κ2) is 5.25. The molecule has 4 unspecified atom stereocenters. The van der Waals surface area contributed by atoms with Gasteiger partial charge in [0.1, 0.15) is 18.3 Å². The smallest absolute Gasteiger partial charge is 0.284 e. The van der Waals surface area contributed by atoms with Crippen LogP contribution < -0.4 is 11.3 Å². The molecule has 0 saturated carbocycles. The van der Waals surface area contributed by atoms with Gasteiger partial charge in [-0.05, 0) is 0 Å². The summed E-state index contributed by atoms with van der Waals surface area (Å²) in [6.07, 6.45) is -5.06. The molecule has 0 aliphatic carbocycles. The van der Waals surface area contributed by atoms with Crippen LogP contribution in [-0.2, 0) is 4.74 Å². The Morgan fingerprint density at radius 2 is 2.15 bits per heavy atom. The first-order valence-corrected chi connectivity index (χ1v) is 5.57. The average Bonchev–Trinajstić information content (AvgIpc) is 2.68. The summed E-state index contributed by atoms with van der Waals surface area (Å²) in [4.78, 5) is 26.0. The minimum atomic E-state index is -1.59. The zero-order chi connectivity index (χ0) is 15.0. The summed E-state index contributed by atoms with van der Waals surface area (Å²) in [5, 5.41) is 28.3. The largest absolute Gasteiger partial charge is 0.394 e. The minimum Gasteiger partial charge on any atom is -0.394 e. The number of aliphatic hydroxyl groups excluding tert-OH is 3. The molecule has 1 aliphatic rings. The van der Waals surface area contributed by atoms with Crippen molar-refractivity contribution in [1.29, 1.82) is 0 Å². The zero-order valence-electron chi connectivity index (χ0n) is 10.0. The third-order valence-corrected chi connectivity index (χ3v) is 2.93. The zero-order valence-corrected chi connectivity index (χ0v) is 10.0. The third-order valence-electron chi connectivity index (χ3n) is 2.93. The monoisotopic (exact) mass is 289 g/mol. The molecule has 0 spiro atoms. The number of carbonyl (C=O) groups excluding carboxylic acids is 1. The van der Waals surface area contributed by atoms with Crippen molar-refractivity contribution in [1.82, 2.24) is 9.55 Å². The number of carbonyl (C=O) groups is 1. The van der Waals surface area contributed by atoms with Gasteiger partial charge in [-0.25, -0.2) is 4.98 Å². The number of aromatic nitrogens is 2. The van der Waals surface area contributed by atoms with Gasteiger partial charge in [0.25, 0.3) is 11.5 Å². The Morgan fingerprint density at radius 3 is 2.65 bits per heavy atom. The van der Waals surface area contributed by atoms with E-state index >= 15 is 0 Å². The van der Waals surface area contributed by atoms with Crippen LogP contribution >= 0.6 is 0 Å². The van der Waals surface area contributed by atoms with Crippen LogP contribution in [0.15, 0.2) is 11.0 Å². The maximum absolute atomic E-state index is 13.3. The van der Waals surface area contributed by atoms with Gasteiger partial charge in [0.05, 0.1) is 12.8 Å². The molecule has 4 atom stereocenters. The number of aliphatic hydroxyl groups is 3. The first-order valence-electron chi connectivity index (χ1n) is 5.57. The van der Waals surface area contributed by atoms with E-state index in [9.17, 15) is 24.2 Å². The Kier molecular flexibility index (Phi) is 3.81. The molecule has 5 N–H and O–H groups in total. The van der Waals surface area contributed by atoms with Crippen molar-refractivity contribution in [2.45, 2.75) is 24.5 Å². The van der Waals surface area contributed by atoms with Crippen LogP contribution in [0.3, 0.4) is 0 Å². The number of primary amides is 1. The van der Waals surface area contributed by atoms with Crippen LogP contribution in [0, 0.1) is 5.95 Å². The first-order chi connectivity index (χ1) is 9.36. The first kappa shape index (κ1) is 14.5. The minimum absolute atomic E-state index is 0.561. The highest BCUT2D eigenvalue weighted by molar-refractivity contribution is 5.90. The van der Waals surface area contributed by atoms with E-state index in [0.29, 0.717) is 10.8 Å². The number of halogens is 1. The fourth-order valence-electron chi connectivity index (χ4n) is 1.94. The molecule has 0 aromatic carbocycles. The van der Waals surface area contributed by atoms with E-state index in [4.69, 9.17) is 15.6 Å². The summed E-state index contributed by atoms with van der Waals surface area (Å²) < 4.78 is 18.9. The lowest BCUT2D eigenvalue weighted by molar-refractivity contribution is -0.0550. The molecular formula is C10H12FN3O6. The van der Waals surface area contributed by atoms with Crippen LogP contribution in [0.5, 0.6) is 0 Å². The van der Waals surface area contributed by atoms with E-state index in [-0.39, 0.29) is 0 Å². The lowest BCUT2D eigenvalue weighted by Crippen LogP contribution is -2.38. The van der Waals surface area contributed by atoms with Crippen LogP contribution in [0.1, 0.15) is 16.7 Å². The standard InChI is InChI=1S/C10H12FN3O6/c11-4-1-14(9(19)5(13-4)8(12)18)10-7(17)6(16)3(2-15)20-10/h1,3,6-7,10,15-17H,2H2,(H2,12,18). The summed E-state index contributed by atoms with van der Waals surface area (Å²) in [7, 11) is 0. The molecule has 1 aromatic heterocycles. The van der Waals surface area contributed by atoms with E-state index in [1.54, 1.807) is 0 Å². The van der Waals surface area contributed by atoms with Gasteiger partial charge in [-0.2, -0.15) is 4.39 Å². The predicted molar refractivity (Wildman–Crippen MR) is 60.0 cm³/mol. The van der Waals surface area contributed by atoms with E-state index in [0.717, 1.165) is 0 Å². The van der Waals surface area contributed by atoms with Gasteiger partial charge in [-0.3, -0.25) is 14.2 Å². The van der Waals surface area contributed by atoms with E-state index in [1.807, 2.05) is 0 Å². The molecule has 1 fully saturated rings. The fraction of sp³-hybridized carbons (Fsp3) is 0.500. The van der Waals surface area contributed by atoms with Crippen molar-refractivity contribution in [3.63, 3.8) is 0 Å². The second-order valence-corrected chi connectivity index (χ2v) is 4.22. The Balaban J connectivity index is 2.49. The second-order valence-electron chi connectivity index (χ2n) is 4.22. The number of hydrogen-bond acceptors (Lipinski definition) is 7. The molecule has 2 rings (SSSR count). The van der Waals surface area contributed by atoms with Gasteiger partial charge >= 0.3 is 0 Å². The fourth-order valence-corrected chi connectivity index (χ4v) is 1.94. The van der Waals surface area contributed by atoms with Crippen molar-refractivity contribution in [3.05, 3.63) is 28.2 Å². The maximum atomic E-state index is 13.3. The van der Waals surface area contributed by atoms with Crippen molar-refractivity contribution < 1.29 is 29.2 Å². The Bertz CT molecular complexity index is 591. The topological polar surface area (TPSA) is 148 Å². The Hall–Kier alpha value is -1.88. The van der Waals surface area contributed by atoms with Crippen molar-refractivity contribution in [2.24, 2.45) is 5.73 Å². The molecule has 1 saturated heterocycles. The third kappa shape index (κ3) is 2.29. The summed E-state index contributed by atoms with van der Waals surface area (Å²) in [5.41, 5.74) is 2.96. The molecule has 1 aliphatic heterocycles. The molecule has 110 valence electrons. The summed E-state index contributed by atoms with van der Waals surface area (Å²) in [6.45, 7) is -0.611. The number of ether oxygens (including phenoxy) is 1. The van der Waals surface area contributed by atoms with Gasteiger partial charge in [0.2, 0.25) is 5.95 Å². The van der Waals surface area contributed by atoms with Gasteiger partial charge < -0.3 is 25.8 Å². The maximum Gasteiger partial charge on any atom is 0.284 e. The molecule has 9 nitrogen and oxygen atoms in total. The molecule has 1 aromatic rings. The highest BCUT2D eigenvalue weighted by Crippen LogP contribution is 2.28. The molecular weight excluding hydrogens is 277 g/mol. The quantitative estimate of drug-likeness (QED) is 0.466. The SMILES string of the molecule is NC(=O)c1nc(F)cn(C2OC(CO)C(O)C2O)c1=O. The molecule has 20 heavy (non-hydrogen) atoms. The summed E-state index contributed by atoms with van der Waals surface area (Å²) >= 11 is 0. The van der Waals surface area contributed by atoms with Gasteiger partial charge in [-0.1, -0.05) is 0 Å². The molecule has 1 amide bonds. The van der Waals surface area contributed by atoms with E-state index < -0.39 is 54.3 Å². The lowest BCUT2D eigenvalue weighted by Gasteiger charge is -2.17. The Labute approximate surface area is 111 Å². The number of nitrogens with two attached hydrogens (primary N) is 1. The number of hydrogen-bond donors (Lipinski definition) is 4. The van der Waals surface area contributed by atoms with Gasteiger partial charge in [-0.15, -0.1) is 0 Å². The molecule has 0 radical (unpaired) electrons. The highest BCUT2D eigenvalue weighted by atomic mass is 19.1. The van der Waals surface area contributed by atoms with E-state index in [1.165, 1.54) is 0 Å². The highest BCUT2D eigenvalue weighted by Gasteiger charge is 2.44. The van der Waals surface area contributed by atoms with Gasteiger partial charge in [0, 0.05) is 0 Å². The number of nitrogens with zero attached hydrogens (tertiary/aromatic N) is 2. The average molecular weight is 289 g/mol. The van der Waals surface area contributed by atoms with E-state index in [2.05, 4.69) is 4.98 Å². The summed E-state index contributed by atoms with van der Waals surface area (Å²) in [6, 6.07) is 0.